The van der Waals surface area contributed by atoms with Crippen LogP contribution in [-0.4, -0.2) is 14.2 Å². The number of para-hydroxylation sites is 1. The Bertz CT molecular complexity index is 533. The number of hydrogen-bond donors (Lipinski definition) is 2. The van der Waals surface area contributed by atoms with Gasteiger partial charge in [0.1, 0.15) is 11.5 Å². The van der Waals surface area contributed by atoms with Gasteiger partial charge in [-0.1, -0.05) is 18.2 Å². The second-order valence-corrected chi connectivity index (χ2v) is 4.15. The first-order valence-electron chi connectivity index (χ1n) is 6.03. The molecule has 0 bridgehead atoms. The highest BCUT2D eigenvalue weighted by Gasteiger charge is 2.03. The number of ether oxygens (including phenoxy) is 2. The van der Waals surface area contributed by atoms with Gasteiger partial charge in [-0.3, -0.25) is 0 Å². The van der Waals surface area contributed by atoms with Gasteiger partial charge in [-0.25, -0.2) is 0 Å². The van der Waals surface area contributed by atoms with Crippen molar-refractivity contribution in [1.82, 2.24) is 0 Å². The van der Waals surface area contributed by atoms with Crippen molar-refractivity contribution in [2.24, 2.45) is 0 Å². The molecule has 0 aromatic heterocycles. The number of nitrogens with one attached hydrogen (secondary N) is 1. The predicted octanol–water partition coefficient (Wildman–Crippen LogP) is 2.90. The second kappa shape index (κ2) is 6.00. The summed E-state index contributed by atoms with van der Waals surface area (Å²) in [5, 5.41) is 3.31. The van der Waals surface area contributed by atoms with Crippen molar-refractivity contribution >= 4 is 11.4 Å². The molecule has 0 aliphatic carbocycles. The fraction of sp³-hybridized carbons (Fsp3) is 0.200. The Balaban J connectivity index is 2.13. The number of hydrogen-bond acceptors (Lipinski definition) is 4. The normalized spacial score (nSPS) is 10.0. The Labute approximate surface area is 113 Å². The van der Waals surface area contributed by atoms with Crippen LogP contribution in [0.3, 0.4) is 0 Å². The number of rotatable bonds is 5. The van der Waals surface area contributed by atoms with Crippen molar-refractivity contribution < 1.29 is 9.47 Å². The highest BCUT2D eigenvalue weighted by atomic mass is 16.5. The van der Waals surface area contributed by atoms with Gasteiger partial charge in [0.05, 0.1) is 14.2 Å². The summed E-state index contributed by atoms with van der Waals surface area (Å²) in [6.07, 6.45) is 0. The van der Waals surface area contributed by atoms with Crippen molar-refractivity contribution in [3.63, 3.8) is 0 Å². The van der Waals surface area contributed by atoms with Gasteiger partial charge in [0.2, 0.25) is 0 Å². The quantitative estimate of drug-likeness (QED) is 0.810. The lowest BCUT2D eigenvalue weighted by molar-refractivity contribution is 0.394. The molecule has 19 heavy (non-hydrogen) atoms. The SMILES string of the molecule is COc1cc(NCc2ccccc2N)cc(OC)c1. The zero-order valence-corrected chi connectivity index (χ0v) is 11.1. The maximum atomic E-state index is 5.91. The van der Waals surface area contributed by atoms with Crippen LogP contribution in [0.4, 0.5) is 11.4 Å². The van der Waals surface area contributed by atoms with E-state index in [4.69, 9.17) is 15.2 Å². The van der Waals surface area contributed by atoms with Crippen molar-refractivity contribution in [3.8, 4) is 11.5 Å². The van der Waals surface area contributed by atoms with Crippen LogP contribution >= 0.6 is 0 Å². The molecule has 0 aliphatic heterocycles. The molecule has 100 valence electrons. The summed E-state index contributed by atoms with van der Waals surface area (Å²) < 4.78 is 10.5. The summed E-state index contributed by atoms with van der Waals surface area (Å²) in [6.45, 7) is 0.656. The smallest absolute Gasteiger partial charge is 0.124 e. The topological polar surface area (TPSA) is 56.5 Å². The van der Waals surface area contributed by atoms with Crippen LogP contribution in [0.25, 0.3) is 0 Å². The molecule has 2 aromatic rings. The van der Waals surface area contributed by atoms with Gasteiger partial charge in [-0.05, 0) is 11.6 Å². The molecule has 0 spiro atoms. The fourth-order valence-corrected chi connectivity index (χ4v) is 1.80. The third-order valence-corrected chi connectivity index (χ3v) is 2.89. The third kappa shape index (κ3) is 3.31. The van der Waals surface area contributed by atoms with Crippen molar-refractivity contribution in [2.45, 2.75) is 6.54 Å². The monoisotopic (exact) mass is 258 g/mol. The molecule has 2 aromatic carbocycles. The largest absolute Gasteiger partial charge is 0.497 e. The highest BCUT2D eigenvalue weighted by molar-refractivity contribution is 5.55. The van der Waals surface area contributed by atoms with Crippen LogP contribution < -0.4 is 20.5 Å². The van der Waals surface area contributed by atoms with Gasteiger partial charge in [-0.15, -0.1) is 0 Å². The predicted molar refractivity (Wildman–Crippen MR) is 77.7 cm³/mol. The van der Waals surface area contributed by atoms with Crippen LogP contribution in [-0.2, 0) is 6.54 Å². The molecule has 4 heteroatoms. The zero-order chi connectivity index (χ0) is 13.7. The molecular formula is C15H18N2O2. The third-order valence-electron chi connectivity index (χ3n) is 2.89. The van der Waals surface area contributed by atoms with E-state index in [0.29, 0.717) is 6.54 Å². The molecule has 0 unspecified atom stereocenters. The van der Waals surface area contributed by atoms with Gasteiger partial charge < -0.3 is 20.5 Å². The van der Waals surface area contributed by atoms with Gasteiger partial charge in [0.25, 0.3) is 0 Å². The van der Waals surface area contributed by atoms with E-state index in [2.05, 4.69) is 5.32 Å². The lowest BCUT2D eigenvalue weighted by Gasteiger charge is -2.11. The van der Waals surface area contributed by atoms with Crippen LogP contribution in [0.1, 0.15) is 5.56 Å². The zero-order valence-electron chi connectivity index (χ0n) is 11.1. The first-order valence-corrected chi connectivity index (χ1v) is 6.03. The summed E-state index contributed by atoms with van der Waals surface area (Å²) in [7, 11) is 3.27. The van der Waals surface area contributed by atoms with Crippen molar-refractivity contribution in [2.75, 3.05) is 25.3 Å². The number of methoxy groups -OCH3 is 2. The van der Waals surface area contributed by atoms with E-state index >= 15 is 0 Å². The van der Waals surface area contributed by atoms with Crippen molar-refractivity contribution in [3.05, 3.63) is 48.0 Å². The Morgan fingerprint density at radius 3 is 2.21 bits per heavy atom. The summed E-state index contributed by atoms with van der Waals surface area (Å²) >= 11 is 0. The second-order valence-electron chi connectivity index (χ2n) is 4.15. The van der Waals surface area contributed by atoms with Crippen molar-refractivity contribution in [1.29, 1.82) is 0 Å². The number of benzene rings is 2. The minimum Gasteiger partial charge on any atom is -0.497 e. The molecular weight excluding hydrogens is 240 g/mol. The first-order chi connectivity index (χ1) is 9.22. The van der Waals surface area contributed by atoms with Crippen LogP contribution in [0.15, 0.2) is 42.5 Å². The van der Waals surface area contributed by atoms with E-state index in [0.717, 1.165) is 28.4 Å². The maximum absolute atomic E-state index is 5.91. The molecule has 0 amide bonds. The Morgan fingerprint density at radius 2 is 1.63 bits per heavy atom. The first kappa shape index (κ1) is 13.1. The fourth-order valence-electron chi connectivity index (χ4n) is 1.80. The molecule has 2 rings (SSSR count). The lowest BCUT2D eigenvalue weighted by Crippen LogP contribution is -2.03. The molecule has 0 saturated heterocycles. The number of nitrogens with two attached hydrogens (primary N) is 1. The van der Waals surface area contributed by atoms with E-state index in [-0.39, 0.29) is 0 Å². The lowest BCUT2D eigenvalue weighted by atomic mass is 10.2. The molecule has 0 radical (unpaired) electrons. The van der Waals surface area contributed by atoms with Gasteiger partial charge in [0, 0.05) is 36.1 Å². The molecule has 4 nitrogen and oxygen atoms in total. The minimum absolute atomic E-state index is 0.656. The van der Waals surface area contributed by atoms with Crippen LogP contribution in [0.2, 0.25) is 0 Å². The summed E-state index contributed by atoms with van der Waals surface area (Å²) in [5.41, 5.74) is 8.68. The van der Waals surface area contributed by atoms with Crippen LogP contribution in [0, 0.1) is 0 Å². The number of anilines is 2. The molecule has 0 saturated carbocycles. The Kier molecular flexibility index (Phi) is 4.13. The van der Waals surface area contributed by atoms with E-state index < -0.39 is 0 Å². The number of nitrogen functional groups attached to an aromatic ring is 1. The Hall–Kier alpha value is -2.36. The molecule has 0 heterocycles. The molecule has 3 N–H and O–H groups in total. The highest BCUT2D eigenvalue weighted by Crippen LogP contribution is 2.26. The van der Waals surface area contributed by atoms with Gasteiger partial charge >= 0.3 is 0 Å². The van der Waals surface area contributed by atoms with E-state index in [1.165, 1.54) is 0 Å². The van der Waals surface area contributed by atoms with Crippen LogP contribution in [0.5, 0.6) is 11.5 Å². The Morgan fingerprint density at radius 1 is 1.00 bits per heavy atom. The summed E-state index contributed by atoms with van der Waals surface area (Å²) in [4.78, 5) is 0. The maximum Gasteiger partial charge on any atom is 0.124 e. The van der Waals surface area contributed by atoms with E-state index in [9.17, 15) is 0 Å². The molecule has 0 aliphatic rings. The molecule has 0 fully saturated rings. The minimum atomic E-state index is 0.656. The van der Waals surface area contributed by atoms with Gasteiger partial charge in [0.15, 0.2) is 0 Å². The standard InChI is InChI=1S/C15H18N2O2/c1-18-13-7-12(8-14(9-13)19-2)17-10-11-5-3-4-6-15(11)16/h3-9,17H,10,16H2,1-2H3. The van der Waals surface area contributed by atoms with E-state index in [1.807, 2.05) is 42.5 Å². The summed E-state index contributed by atoms with van der Waals surface area (Å²) in [6, 6.07) is 13.5. The average Bonchev–Trinajstić information content (AvgIpc) is 2.46. The van der Waals surface area contributed by atoms with E-state index in [1.54, 1.807) is 14.2 Å². The molecule has 0 atom stereocenters. The average molecular weight is 258 g/mol. The summed E-state index contributed by atoms with van der Waals surface area (Å²) in [5.74, 6) is 1.51. The van der Waals surface area contributed by atoms with Gasteiger partial charge in [-0.2, -0.15) is 0 Å².